The molecule has 23 heavy (non-hydrogen) atoms. The SMILES string of the molecule is CCN(CC(=O)NCc1ccc(F)cc1)C(=O)C1CCC(N)C1. The van der Waals surface area contributed by atoms with E-state index in [1.807, 2.05) is 6.92 Å². The van der Waals surface area contributed by atoms with Crippen molar-refractivity contribution in [2.45, 2.75) is 38.8 Å². The molecule has 2 amide bonds. The van der Waals surface area contributed by atoms with E-state index in [1.54, 1.807) is 17.0 Å². The number of rotatable bonds is 6. The van der Waals surface area contributed by atoms with Crippen molar-refractivity contribution < 1.29 is 14.0 Å². The van der Waals surface area contributed by atoms with Crippen LogP contribution in [0.25, 0.3) is 0 Å². The largest absolute Gasteiger partial charge is 0.350 e. The van der Waals surface area contributed by atoms with Crippen LogP contribution in [0.1, 0.15) is 31.7 Å². The fourth-order valence-electron chi connectivity index (χ4n) is 2.88. The Bertz CT molecular complexity index is 547. The third kappa shape index (κ3) is 5.03. The second-order valence-corrected chi connectivity index (χ2v) is 6.03. The molecule has 0 spiro atoms. The highest BCUT2D eigenvalue weighted by Crippen LogP contribution is 2.25. The number of carbonyl (C=O) groups is 2. The highest BCUT2D eigenvalue weighted by atomic mass is 19.1. The molecule has 1 aromatic rings. The summed E-state index contributed by atoms with van der Waals surface area (Å²) in [5.74, 6) is -0.573. The first-order valence-corrected chi connectivity index (χ1v) is 8.05. The first-order valence-electron chi connectivity index (χ1n) is 8.05. The highest BCUT2D eigenvalue weighted by Gasteiger charge is 2.31. The summed E-state index contributed by atoms with van der Waals surface area (Å²) in [6.45, 7) is 2.72. The number of halogens is 1. The Labute approximate surface area is 136 Å². The minimum Gasteiger partial charge on any atom is -0.350 e. The summed E-state index contributed by atoms with van der Waals surface area (Å²) >= 11 is 0. The van der Waals surface area contributed by atoms with E-state index in [0.29, 0.717) is 19.5 Å². The topological polar surface area (TPSA) is 75.4 Å². The van der Waals surface area contributed by atoms with Crippen molar-refractivity contribution in [1.29, 1.82) is 0 Å². The van der Waals surface area contributed by atoms with Gasteiger partial charge in [0.15, 0.2) is 0 Å². The quantitative estimate of drug-likeness (QED) is 0.832. The summed E-state index contributed by atoms with van der Waals surface area (Å²) in [5, 5.41) is 2.76. The molecule has 0 aromatic heterocycles. The number of nitrogens with one attached hydrogen (secondary N) is 1. The molecule has 1 aliphatic carbocycles. The lowest BCUT2D eigenvalue weighted by molar-refractivity contribution is -0.139. The number of benzene rings is 1. The van der Waals surface area contributed by atoms with Crippen molar-refractivity contribution in [1.82, 2.24) is 10.2 Å². The van der Waals surface area contributed by atoms with Crippen LogP contribution in [-0.4, -0.2) is 35.8 Å². The molecule has 0 bridgehead atoms. The van der Waals surface area contributed by atoms with Crippen molar-refractivity contribution in [2.75, 3.05) is 13.1 Å². The monoisotopic (exact) mass is 321 g/mol. The lowest BCUT2D eigenvalue weighted by Gasteiger charge is -2.23. The van der Waals surface area contributed by atoms with Gasteiger partial charge in [0.2, 0.25) is 11.8 Å². The van der Waals surface area contributed by atoms with Crippen molar-refractivity contribution in [2.24, 2.45) is 11.7 Å². The standard InChI is InChI=1S/C17H24FN3O2/c1-2-21(17(23)13-5-8-15(19)9-13)11-16(22)20-10-12-3-6-14(18)7-4-12/h3-4,6-7,13,15H,2,5,8-11,19H2,1H3,(H,20,22). The second kappa shape index (κ2) is 8.06. The Kier molecular flexibility index (Phi) is 6.10. The molecule has 2 atom stereocenters. The van der Waals surface area contributed by atoms with Gasteiger partial charge in [-0.05, 0) is 43.9 Å². The Balaban J connectivity index is 1.82. The predicted octanol–water partition coefficient (Wildman–Crippen LogP) is 1.42. The number of likely N-dealkylation sites (N-methyl/N-ethyl adjacent to an activating group) is 1. The van der Waals surface area contributed by atoms with E-state index >= 15 is 0 Å². The number of nitrogens with zero attached hydrogens (tertiary/aromatic N) is 1. The van der Waals surface area contributed by atoms with E-state index < -0.39 is 0 Å². The minimum atomic E-state index is -0.308. The lowest BCUT2D eigenvalue weighted by Crippen LogP contribution is -2.42. The van der Waals surface area contributed by atoms with Gasteiger partial charge in [-0.1, -0.05) is 12.1 Å². The summed E-state index contributed by atoms with van der Waals surface area (Å²) in [4.78, 5) is 26.0. The third-order valence-electron chi connectivity index (χ3n) is 4.25. The second-order valence-electron chi connectivity index (χ2n) is 6.03. The van der Waals surface area contributed by atoms with Gasteiger partial charge in [-0.15, -0.1) is 0 Å². The minimum absolute atomic E-state index is 0.0115. The van der Waals surface area contributed by atoms with Gasteiger partial charge in [0.05, 0.1) is 6.54 Å². The number of hydrogen-bond donors (Lipinski definition) is 2. The van der Waals surface area contributed by atoms with Gasteiger partial charge in [0.1, 0.15) is 5.82 Å². The smallest absolute Gasteiger partial charge is 0.239 e. The molecule has 1 aromatic carbocycles. The van der Waals surface area contributed by atoms with Gasteiger partial charge >= 0.3 is 0 Å². The molecule has 1 saturated carbocycles. The maximum atomic E-state index is 12.8. The van der Waals surface area contributed by atoms with Crippen molar-refractivity contribution in [3.63, 3.8) is 0 Å². The molecule has 2 unspecified atom stereocenters. The molecule has 1 aliphatic rings. The Hall–Kier alpha value is -1.95. The molecule has 0 saturated heterocycles. The van der Waals surface area contributed by atoms with Crippen LogP contribution in [-0.2, 0) is 16.1 Å². The number of amides is 2. The van der Waals surface area contributed by atoms with Gasteiger partial charge in [0.25, 0.3) is 0 Å². The zero-order valence-corrected chi connectivity index (χ0v) is 13.4. The molecule has 5 nitrogen and oxygen atoms in total. The molecule has 126 valence electrons. The zero-order valence-electron chi connectivity index (χ0n) is 13.4. The van der Waals surface area contributed by atoms with Crippen LogP contribution in [0.3, 0.4) is 0 Å². The fourth-order valence-corrected chi connectivity index (χ4v) is 2.88. The van der Waals surface area contributed by atoms with Crippen molar-refractivity contribution >= 4 is 11.8 Å². The molecule has 1 fully saturated rings. The molecule has 0 aliphatic heterocycles. The first-order chi connectivity index (χ1) is 11.0. The summed E-state index contributed by atoms with van der Waals surface area (Å²) < 4.78 is 12.8. The predicted molar refractivity (Wildman–Crippen MR) is 85.8 cm³/mol. The van der Waals surface area contributed by atoms with Crippen LogP contribution >= 0.6 is 0 Å². The summed E-state index contributed by atoms with van der Waals surface area (Å²) in [7, 11) is 0. The highest BCUT2D eigenvalue weighted by molar-refractivity contribution is 5.86. The summed E-state index contributed by atoms with van der Waals surface area (Å²) in [6.07, 6.45) is 2.37. The van der Waals surface area contributed by atoms with E-state index in [0.717, 1.165) is 18.4 Å². The van der Waals surface area contributed by atoms with Gasteiger partial charge in [-0.3, -0.25) is 9.59 Å². The van der Waals surface area contributed by atoms with Crippen molar-refractivity contribution in [3.8, 4) is 0 Å². The maximum absolute atomic E-state index is 12.8. The first kappa shape index (κ1) is 17.4. The molecule has 2 rings (SSSR count). The number of hydrogen-bond acceptors (Lipinski definition) is 3. The number of nitrogens with two attached hydrogens (primary N) is 1. The Morgan fingerprint density at radius 3 is 2.57 bits per heavy atom. The Morgan fingerprint density at radius 1 is 1.30 bits per heavy atom. The van der Waals surface area contributed by atoms with Gasteiger partial charge in [0, 0.05) is 25.0 Å². The molecular weight excluding hydrogens is 297 g/mol. The van der Waals surface area contributed by atoms with Gasteiger partial charge < -0.3 is 16.0 Å². The number of carbonyl (C=O) groups excluding carboxylic acids is 2. The molecule has 0 radical (unpaired) electrons. The van der Waals surface area contributed by atoms with Crippen LogP contribution in [0.5, 0.6) is 0 Å². The van der Waals surface area contributed by atoms with Crippen LogP contribution in [0.2, 0.25) is 0 Å². The third-order valence-corrected chi connectivity index (χ3v) is 4.25. The summed E-state index contributed by atoms with van der Waals surface area (Å²) in [6, 6.07) is 6.05. The average Bonchev–Trinajstić information content (AvgIpc) is 2.98. The van der Waals surface area contributed by atoms with E-state index in [9.17, 15) is 14.0 Å². The fraction of sp³-hybridized carbons (Fsp3) is 0.529. The van der Waals surface area contributed by atoms with E-state index in [4.69, 9.17) is 5.73 Å². The molecular formula is C17H24FN3O2. The van der Waals surface area contributed by atoms with Crippen molar-refractivity contribution in [3.05, 3.63) is 35.6 Å². The van der Waals surface area contributed by atoms with Gasteiger partial charge in [-0.2, -0.15) is 0 Å². The summed E-state index contributed by atoms with van der Waals surface area (Å²) in [5.41, 5.74) is 6.67. The molecule has 3 N–H and O–H groups in total. The van der Waals surface area contributed by atoms with E-state index in [1.165, 1.54) is 12.1 Å². The zero-order chi connectivity index (χ0) is 16.8. The molecule has 6 heteroatoms. The van der Waals surface area contributed by atoms with Crippen LogP contribution in [0.15, 0.2) is 24.3 Å². The maximum Gasteiger partial charge on any atom is 0.239 e. The van der Waals surface area contributed by atoms with Crippen LogP contribution in [0.4, 0.5) is 4.39 Å². The van der Waals surface area contributed by atoms with Gasteiger partial charge in [-0.25, -0.2) is 4.39 Å². The molecule has 0 heterocycles. The Morgan fingerprint density at radius 2 is 2.00 bits per heavy atom. The normalized spacial score (nSPS) is 20.3. The van der Waals surface area contributed by atoms with Crippen LogP contribution in [0, 0.1) is 11.7 Å². The average molecular weight is 321 g/mol. The lowest BCUT2D eigenvalue weighted by atomic mass is 10.1. The van der Waals surface area contributed by atoms with E-state index in [-0.39, 0.29) is 36.1 Å². The van der Waals surface area contributed by atoms with Crippen LogP contribution < -0.4 is 11.1 Å². The van der Waals surface area contributed by atoms with E-state index in [2.05, 4.69) is 5.32 Å².